The Bertz CT molecular complexity index is 375. The van der Waals surface area contributed by atoms with Gasteiger partial charge in [0.15, 0.2) is 0 Å². The topological polar surface area (TPSA) is 41.6 Å². The summed E-state index contributed by atoms with van der Waals surface area (Å²) in [6.07, 6.45) is 2.36. The fourth-order valence-corrected chi connectivity index (χ4v) is 2.08. The van der Waals surface area contributed by atoms with Crippen LogP contribution in [0.1, 0.15) is 12.8 Å². The highest BCUT2D eigenvalue weighted by Crippen LogP contribution is 2.11. The highest BCUT2D eigenvalue weighted by Gasteiger charge is 2.16. The second-order valence-electron chi connectivity index (χ2n) is 4.63. The molecule has 1 N–H and O–H groups in total. The van der Waals surface area contributed by atoms with Crippen molar-refractivity contribution in [2.45, 2.75) is 18.9 Å². The Balaban J connectivity index is 1.73. The number of rotatable bonds is 5. The molecule has 1 aromatic carbocycles. The van der Waals surface area contributed by atoms with Crippen molar-refractivity contribution in [1.82, 2.24) is 5.32 Å². The minimum Gasteiger partial charge on any atom is -0.376 e. The molecule has 0 radical (unpaired) electrons. The first-order valence-corrected chi connectivity index (χ1v) is 6.40. The number of hydrogen-bond donors (Lipinski definition) is 1. The van der Waals surface area contributed by atoms with E-state index in [1.807, 2.05) is 42.3 Å². The first-order valence-electron chi connectivity index (χ1n) is 6.40. The summed E-state index contributed by atoms with van der Waals surface area (Å²) in [5.74, 6) is 0.0388. The third kappa shape index (κ3) is 3.74. The molecule has 1 saturated heterocycles. The normalized spacial score (nSPS) is 18.6. The van der Waals surface area contributed by atoms with Gasteiger partial charge in [-0.2, -0.15) is 0 Å². The van der Waals surface area contributed by atoms with Gasteiger partial charge in [-0.05, 0) is 25.0 Å². The van der Waals surface area contributed by atoms with Crippen molar-refractivity contribution in [2.75, 3.05) is 31.6 Å². The number of amides is 1. The number of nitrogens with one attached hydrogen (secondary N) is 1. The Morgan fingerprint density at radius 1 is 1.44 bits per heavy atom. The lowest BCUT2D eigenvalue weighted by Crippen LogP contribution is -2.38. The minimum atomic E-state index is 0.0388. The van der Waals surface area contributed by atoms with E-state index in [9.17, 15) is 4.79 Å². The quantitative estimate of drug-likeness (QED) is 0.857. The number of ether oxygens (including phenoxy) is 1. The van der Waals surface area contributed by atoms with Gasteiger partial charge in [0.1, 0.15) is 0 Å². The maximum Gasteiger partial charge on any atom is 0.239 e. The van der Waals surface area contributed by atoms with Crippen LogP contribution in [0.5, 0.6) is 0 Å². The predicted molar refractivity (Wildman–Crippen MR) is 71.7 cm³/mol. The van der Waals surface area contributed by atoms with Crippen LogP contribution in [0.2, 0.25) is 0 Å². The molecule has 1 aliphatic rings. The van der Waals surface area contributed by atoms with Gasteiger partial charge >= 0.3 is 0 Å². The van der Waals surface area contributed by atoms with Crippen LogP contribution >= 0.6 is 0 Å². The third-order valence-electron chi connectivity index (χ3n) is 3.13. The van der Waals surface area contributed by atoms with Gasteiger partial charge in [0.05, 0.1) is 12.6 Å². The standard InChI is InChI=1S/C14H20N2O2/c1-16(12-6-3-2-4-7-12)11-14(17)15-10-13-8-5-9-18-13/h2-4,6-7,13H,5,8-11H2,1H3,(H,15,17)/t13-/m1/s1. The molecule has 1 amide bonds. The van der Waals surface area contributed by atoms with Gasteiger partial charge in [-0.1, -0.05) is 18.2 Å². The minimum absolute atomic E-state index is 0.0388. The summed E-state index contributed by atoms with van der Waals surface area (Å²) in [5.41, 5.74) is 1.05. The maximum atomic E-state index is 11.8. The molecule has 0 unspecified atom stereocenters. The average molecular weight is 248 g/mol. The lowest BCUT2D eigenvalue weighted by atomic mass is 10.2. The Morgan fingerprint density at radius 2 is 2.22 bits per heavy atom. The van der Waals surface area contributed by atoms with Crippen LogP contribution < -0.4 is 10.2 Å². The van der Waals surface area contributed by atoms with E-state index in [-0.39, 0.29) is 12.0 Å². The smallest absolute Gasteiger partial charge is 0.239 e. The SMILES string of the molecule is CN(CC(=O)NC[C@H]1CCCO1)c1ccccc1. The zero-order chi connectivity index (χ0) is 12.8. The van der Waals surface area contributed by atoms with E-state index in [1.54, 1.807) is 0 Å². The van der Waals surface area contributed by atoms with E-state index in [2.05, 4.69) is 5.32 Å². The number of hydrogen-bond acceptors (Lipinski definition) is 3. The van der Waals surface area contributed by atoms with Crippen molar-refractivity contribution >= 4 is 11.6 Å². The summed E-state index contributed by atoms with van der Waals surface area (Å²) < 4.78 is 5.46. The molecule has 0 aliphatic carbocycles. The van der Waals surface area contributed by atoms with Crippen molar-refractivity contribution in [2.24, 2.45) is 0 Å². The zero-order valence-corrected chi connectivity index (χ0v) is 10.8. The van der Waals surface area contributed by atoms with Crippen molar-refractivity contribution in [3.05, 3.63) is 30.3 Å². The molecule has 4 heteroatoms. The number of carbonyl (C=O) groups is 1. The molecule has 1 fully saturated rings. The summed E-state index contributed by atoms with van der Waals surface area (Å²) in [5, 5.41) is 2.92. The third-order valence-corrected chi connectivity index (χ3v) is 3.13. The maximum absolute atomic E-state index is 11.8. The Morgan fingerprint density at radius 3 is 2.89 bits per heavy atom. The summed E-state index contributed by atoms with van der Waals surface area (Å²) in [7, 11) is 1.92. The molecule has 4 nitrogen and oxygen atoms in total. The summed E-state index contributed by atoms with van der Waals surface area (Å²) in [6, 6.07) is 9.89. The fraction of sp³-hybridized carbons (Fsp3) is 0.500. The van der Waals surface area contributed by atoms with E-state index in [0.29, 0.717) is 13.1 Å². The van der Waals surface area contributed by atoms with E-state index in [1.165, 1.54) is 0 Å². The van der Waals surface area contributed by atoms with Crippen molar-refractivity contribution < 1.29 is 9.53 Å². The van der Waals surface area contributed by atoms with E-state index >= 15 is 0 Å². The summed E-state index contributed by atoms with van der Waals surface area (Å²) in [4.78, 5) is 13.7. The lowest BCUT2D eigenvalue weighted by Gasteiger charge is -2.19. The summed E-state index contributed by atoms with van der Waals surface area (Å²) >= 11 is 0. The number of carbonyl (C=O) groups excluding carboxylic acids is 1. The van der Waals surface area contributed by atoms with E-state index in [4.69, 9.17) is 4.74 Å². The Labute approximate surface area is 108 Å². The molecular formula is C14H20N2O2. The van der Waals surface area contributed by atoms with Gasteiger partial charge in [0.2, 0.25) is 5.91 Å². The molecule has 0 saturated carbocycles. The van der Waals surface area contributed by atoms with Crippen LogP contribution in [0.3, 0.4) is 0 Å². The van der Waals surface area contributed by atoms with E-state index < -0.39 is 0 Å². The lowest BCUT2D eigenvalue weighted by molar-refractivity contribution is -0.120. The van der Waals surface area contributed by atoms with Crippen LogP contribution in [-0.4, -0.2) is 38.8 Å². The Hall–Kier alpha value is -1.55. The van der Waals surface area contributed by atoms with Crippen molar-refractivity contribution in [1.29, 1.82) is 0 Å². The van der Waals surface area contributed by atoms with Gasteiger partial charge in [-0.15, -0.1) is 0 Å². The van der Waals surface area contributed by atoms with Crippen molar-refractivity contribution in [3.8, 4) is 0 Å². The highest BCUT2D eigenvalue weighted by atomic mass is 16.5. The van der Waals surface area contributed by atoms with Crippen LogP contribution in [0, 0.1) is 0 Å². The van der Waals surface area contributed by atoms with Gasteiger partial charge in [0.25, 0.3) is 0 Å². The number of benzene rings is 1. The summed E-state index contributed by atoms with van der Waals surface area (Å²) in [6.45, 7) is 1.82. The first-order chi connectivity index (χ1) is 8.75. The molecule has 1 aliphatic heterocycles. The van der Waals surface area contributed by atoms with E-state index in [0.717, 1.165) is 25.1 Å². The van der Waals surface area contributed by atoms with Gasteiger partial charge in [-0.25, -0.2) is 0 Å². The molecular weight excluding hydrogens is 228 g/mol. The number of likely N-dealkylation sites (N-methyl/N-ethyl adjacent to an activating group) is 1. The molecule has 18 heavy (non-hydrogen) atoms. The number of anilines is 1. The second-order valence-corrected chi connectivity index (χ2v) is 4.63. The largest absolute Gasteiger partial charge is 0.376 e. The first kappa shape index (κ1) is 12.9. The zero-order valence-electron chi connectivity index (χ0n) is 10.8. The number of para-hydroxylation sites is 1. The van der Waals surface area contributed by atoms with Gasteiger partial charge in [0, 0.05) is 25.9 Å². The second kappa shape index (κ2) is 6.40. The molecule has 2 rings (SSSR count). The predicted octanol–water partition coefficient (Wildman–Crippen LogP) is 1.42. The highest BCUT2D eigenvalue weighted by molar-refractivity contribution is 5.81. The number of nitrogens with zero attached hydrogens (tertiary/aromatic N) is 1. The fourth-order valence-electron chi connectivity index (χ4n) is 2.08. The average Bonchev–Trinajstić information content (AvgIpc) is 2.90. The van der Waals surface area contributed by atoms with Crippen LogP contribution in [0.4, 0.5) is 5.69 Å². The van der Waals surface area contributed by atoms with Crippen LogP contribution in [-0.2, 0) is 9.53 Å². The molecule has 0 aromatic heterocycles. The molecule has 0 bridgehead atoms. The van der Waals surface area contributed by atoms with Gasteiger partial charge in [-0.3, -0.25) is 4.79 Å². The monoisotopic (exact) mass is 248 g/mol. The molecule has 1 heterocycles. The van der Waals surface area contributed by atoms with Crippen molar-refractivity contribution in [3.63, 3.8) is 0 Å². The van der Waals surface area contributed by atoms with Crippen LogP contribution in [0.15, 0.2) is 30.3 Å². The molecule has 0 spiro atoms. The molecule has 98 valence electrons. The molecule has 1 atom stereocenters. The van der Waals surface area contributed by atoms with Crippen LogP contribution in [0.25, 0.3) is 0 Å². The molecule has 1 aromatic rings. The Kier molecular flexibility index (Phi) is 4.59. The van der Waals surface area contributed by atoms with Gasteiger partial charge < -0.3 is 15.0 Å².